The first-order valence-electron chi connectivity index (χ1n) is 3.98. The molecule has 1 aromatic heterocycles. The lowest BCUT2D eigenvalue weighted by Gasteiger charge is -2.01. The van der Waals surface area contributed by atoms with Crippen LogP contribution in [0.15, 0.2) is 17.5 Å². The van der Waals surface area contributed by atoms with Crippen molar-refractivity contribution in [3.05, 3.63) is 22.4 Å². The van der Waals surface area contributed by atoms with Crippen LogP contribution in [0.3, 0.4) is 0 Å². The average molecular weight is 233 g/mol. The molecule has 0 aliphatic heterocycles. The van der Waals surface area contributed by atoms with Crippen LogP contribution in [0.4, 0.5) is 0 Å². The summed E-state index contributed by atoms with van der Waals surface area (Å²) in [7, 11) is -3.00. The molecule has 0 spiro atoms. The number of rotatable bonds is 4. The molecule has 0 saturated heterocycles. The molecule has 0 aromatic carbocycles. The fourth-order valence-electron chi connectivity index (χ4n) is 0.845. The van der Waals surface area contributed by atoms with Gasteiger partial charge in [0.1, 0.15) is 9.84 Å². The van der Waals surface area contributed by atoms with Gasteiger partial charge in [-0.3, -0.25) is 4.79 Å². The van der Waals surface area contributed by atoms with Gasteiger partial charge in [0.05, 0.1) is 10.6 Å². The van der Waals surface area contributed by atoms with Gasteiger partial charge in [-0.2, -0.15) is 0 Å². The molecule has 6 heteroatoms. The number of carbonyl (C=O) groups is 1. The van der Waals surface area contributed by atoms with Crippen LogP contribution in [0, 0.1) is 0 Å². The standard InChI is InChI=1S/C8H11NO3S2/c1-14(11,12)6-4-9-8(10)7-3-2-5-13-7/h2-3,5H,4,6H2,1H3,(H,9,10). The molecule has 0 unspecified atom stereocenters. The molecule has 0 radical (unpaired) electrons. The van der Waals surface area contributed by atoms with E-state index in [0.717, 1.165) is 6.26 Å². The van der Waals surface area contributed by atoms with E-state index in [4.69, 9.17) is 0 Å². The number of carbonyl (C=O) groups excluding carboxylic acids is 1. The topological polar surface area (TPSA) is 63.2 Å². The number of nitrogens with one attached hydrogen (secondary N) is 1. The van der Waals surface area contributed by atoms with E-state index in [-0.39, 0.29) is 18.2 Å². The summed E-state index contributed by atoms with van der Waals surface area (Å²) >= 11 is 1.33. The third-order valence-corrected chi connectivity index (χ3v) is 3.32. The molecular formula is C8H11NO3S2. The van der Waals surface area contributed by atoms with Crippen molar-refractivity contribution < 1.29 is 13.2 Å². The van der Waals surface area contributed by atoms with Crippen LogP contribution in [-0.2, 0) is 9.84 Å². The van der Waals surface area contributed by atoms with Crippen molar-refractivity contribution in [3.63, 3.8) is 0 Å². The van der Waals surface area contributed by atoms with Crippen molar-refractivity contribution in [2.75, 3.05) is 18.6 Å². The van der Waals surface area contributed by atoms with E-state index in [2.05, 4.69) is 5.32 Å². The van der Waals surface area contributed by atoms with Crippen molar-refractivity contribution in [2.45, 2.75) is 0 Å². The van der Waals surface area contributed by atoms with E-state index in [1.165, 1.54) is 11.3 Å². The normalized spacial score (nSPS) is 11.2. The number of hydrogen-bond acceptors (Lipinski definition) is 4. The quantitative estimate of drug-likeness (QED) is 0.824. The summed E-state index contributed by atoms with van der Waals surface area (Å²) in [5.74, 6) is -0.243. The molecule has 0 atom stereocenters. The van der Waals surface area contributed by atoms with Crippen LogP contribution in [-0.4, -0.2) is 32.9 Å². The van der Waals surface area contributed by atoms with Gasteiger partial charge in [0.25, 0.3) is 5.91 Å². The van der Waals surface area contributed by atoms with Gasteiger partial charge < -0.3 is 5.32 Å². The van der Waals surface area contributed by atoms with Gasteiger partial charge in [0.15, 0.2) is 0 Å². The van der Waals surface area contributed by atoms with E-state index >= 15 is 0 Å². The average Bonchev–Trinajstić information content (AvgIpc) is 2.53. The summed E-state index contributed by atoms with van der Waals surface area (Å²) in [6.07, 6.45) is 1.14. The van der Waals surface area contributed by atoms with Crippen LogP contribution >= 0.6 is 11.3 Å². The summed E-state index contributed by atoms with van der Waals surface area (Å²) in [6.45, 7) is 0.162. The molecule has 14 heavy (non-hydrogen) atoms. The monoisotopic (exact) mass is 233 g/mol. The zero-order valence-corrected chi connectivity index (χ0v) is 9.32. The lowest BCUT2D eigenvalue weighted by molar-refractivity contribution is 0.0960. The van der Waals surface area contributed by atoms with Crippen LogP contribution in [0.2, 0.25) is 0 Å². The summed E-state index contributed by atoms with van der Waals surface area (Å²) in [5, 5.41) is 4.33. The second-order valence-corrected chi connectivity index (χ2v) is 6.07. The summed E-state index contributed by atoms with van der Waals surface area (Å²) in [6, 6.07) is 3.47. The molecule has 1 rings (SSSR count). The summed E-state index contributed by atoms with van der Waals surface area (Å²) in [4.78, 5) is 11.9. The van der Waals surface area contributed by atoms with Gasteiger partial charge in [0, 0.05) is 12.8 Å². The van der Waals surface area contributed by atoms with Crippen molar-refractivity contribution in [3.8, 4) is 0 Å². The minimum Gasteiger partial charge on any atom is -0.350 e. The number of thiophene rings is 1. The minimum atomic E-state index is -3.00. The smallest absolute Gasteiger partial charge is 0.261 e. The molecule has 4 nitrogen and oxygen atoms in total. The third kappa shape index (κ3) is 3.89. The molecule has 0 aliphatic rings. The second kappa shape index (κ2) is 4.56. The zero-order chi connectivity index (χ0) is 10.6. The Morgan fingerprint density at radius 3 is 2.79 bits per heavy atom. The Morgan fingerprint density at radius 1 is 1.57 bits per heavy atom. The maximum atomic E-state index is 11.3. The Bertz CT molecular complexity index is 394. The Kier molecular flexibility index (Phi) is 3.65. The molecule has 0 fully saturated rings. The van der Waals surface area contributed by atoms with E-state index in [9.17, 15) is 13.2 Å². The highest BCUT2D eigenvalue weighted by Crippen LogP contribution is 2.07. The van der Waals surface area contributed by atoms with Crippen molar-refractivity contribution in [2.24, 2.45) is 0 Å². The molecule has 1 heterocycles. The molecule has 0 aliphatic carbocycles. The number of amides is 1. The fraction of sp³-hybridized carbons (Fsp3) is 0.375. The fourth-order valence-corrected chi connectivity index (χ4v) is 1.96. The maximum absolute atomic E-state index is 11.3. The second-order valence-electron chi connectivity index (χ2n) is 2.86. The highest BCUT2D eigenvalue weighted by atomic mass is 32.2. The van der Waals surface area contributed by atoms with Gasteiger partial charge in [-0.05, 0) is 11.4 Å². The Hall–Kier alpha value is -0.880. The van der Waals surface area contributed by atoms with Crippen LogP contribution in [0.5, 0.6) is 0 Å². The Labute approximate surface area is 86.9 Å². The van der Waals surface area contributed by atoms with Gasteiger partial charge in [0.2, 0.25) is 0 Å². The van der Waals surface area contributed by atoms with Crippen molar-refractivity contribution in [1.29, 1.82) is 0 Å². The van der Waals surface area contributed by atoms with Gasteiger partial charge in [-0.1, -0.05) is 6.07 Å². The number of sulfone groups is 1. The summed E-state index contributed by atoms with van der Waals surface area (Å²) in [5.41, 5.74) is 0. The van der Waals surface area contributed by atoms with E-state index in [1.54, 1.807) is 17.5 Å². The predicted molar refractivity (Wildman–Crippen MR) is 56.4 cm³/mol. The first kappa shape index (κ1) is 11.2. The minimum absolute atomic E-state index is 0.0237. The third-order valence-electron chi connectivity index (χ3n) is 1.50. The predicted octanol–water partition coefficient (Wildman–Crippen LogP) is 0.522. The molecular weight excluding hydrogens is 222 g/mol. The largest absolute Gasteiger partial charge is 0.350 e. The van der Waals surface area contributed by atoms with Gasteiger partial charge in [-0.25, -0.2) is 8.42 Å². The van der Waals surface area contributed by atoms with Crippen LogP contribution in [0.25, 0.3) is 0 Å². The highest BCUT2D eigenvalue weighted by Gasteiger charge is 2.07. The SMILES string of the molecule is CS(=O)(=O)CCNC(=O)c1cccs1. The Morgan fingerprint density at radius 2 is 2.29 bits per heavy atom. The lowest BCUT2D eigenvalue weighted by atomic mass is 10.4. The molecule has 1 N–H and O–H groups in total. The van der Waals surface area contributed by atoms with E-state index in [0.29, 0.717) is 4.88 Å². The highest BCUT2D eigenvalue weighted by molar-refractivity contribution is 7.90. The van der Waals surface area contributed by atoms with Crippen LogP contribution < -0.4 is 5.32 Å². The first-order chi connectivity index (χ1) is 6.49. The maximum Gasteiger partial charge on any atom is 0.261 e. The van der Waals surface area contributed by atoms with Crippen molar-refractivity contribution >= 4 is 27.1 Å². The first-order valence-corrected chi connectivity index (χ1v) is 6.92. The van der Waals surface area contributed by atoms with Crippen LogP contribution in [0.1, 0.15) is 9.67 Å². The van der Waals surface area contributed by atoms with Gasteiger partial charge in [-0.15, -0.1) is 11.3 Å². The molecule has 1 aromatic rings. The molecule has 0 bridgehead atoms. The summed E-state index contributed by atoms with van der Waals surface area (Å²) < 4.78 is 21.5. The molecule has 1 amide bonds. The molecule has 0 saturated carbocycles. The Balaban J connectivity index is 2.37. The lowest BCUT2D eigenvalue weighted by Crippen LogP contribution is -2.28. The van der Waals surface area contributed by atoms with Gasteiger partial charge >= 0.3 is 0 Å². The van der Waals surface area contributed by atoms with E-state index in [1.807, 2.05) is 0 Å². The van der Waals surface area contributed by atoms with Crippen molar-refractivity contribution in [1.82, 2.24) is 5.32 Å². The zero-order valence-electron chi connectivity index (χ0n) is 7.69. The van der Waals surface area contributed by atoms with E-state index < -0.39 is 9.84 Å². The number of hydrogen-bond donors (Lipinski definition) is 1. The molecule has 78 valence electrons.